The number of aliphatic hydroxyl groups excluding tert-OH is 2. The summed E-state index contributed by atoms with van der Waals surface area (Å²) in [5, 5.41) is 66.3. The minimum absolute atomic E-state index is 0.0782. The molecule has 1 saturated carbocycles. The molecule has 27 heteroatoms. The lowest BCUT2D eigenvalue weighted by atomic mass is 10.1. The zero-order chi connectivity index (χ0) is 64.8. The molecular formula is C58H59F15N10O2. The van der Waals surface area contributed by atoms with Crippen LogP contribution in [0.5, 0.6) is 0 Å². The van der Waals surface area contributed by atoms with Crippen LogP contribution in [0.2, 0.25) is 0 Å². The van der Waals surface area contributed by atoms with Crippen LogP contribution in [0, 0.1) is 68.5 Å². The number of halogens is 15. The Morgan fingerprint density at radius 2 is 0.800 bits per heavy atom. The van der Waals surface area contributed by atoms with Crippen molar-refractivity contribution in [1.29, 1.82) is 26.3 Å². The molecule has 0 heterocycles. The van der Waals surface area contributed by atoms with Crippen LogP contribution >= 0.6 is 0 Å². The van der Waals surface area contributed by atoms with E-state index in [2.05, 4.69) is 10.6 Å². The number of hydrogen-bond donors (Lipinski definition) is 4. The summed E-state index contributed by atoms with van der Waals surface area (Å²) in [5.41, 5.74) is -4.54. The van der Waals surface area contributed by atoms with Gasteiger partial charge in [0, 0.05) is 75.8 Å². The van der Waals surface area contributed by atoms with E-state index in [1.165, 1.54) is 60.7 Å². The van der Waals surface area contributed by atoms with E-state index < -0.39 is 83.5 Å². The number of benzene rings is 5. The van der Waals surface area contributed by atoms with E-state index in [1.54, 1.807) is 60.1 Å². The van der Waals surface area contributed by atoms with Crippen LogP contribution in [-0.2, 0) is 30.9 Å². The van der Waals surface area contributed by atoms with Crippen LogP contribution in [0.1, 0.15) is 96.2 Å². The summed E-state index contributed by atoms with van der Waals surface area (Å²) in [6.07, 6.45) is -20.3. The minimum atomic E-state index is -4.63. The number of nitrogens with one attached hydrogen (secondary N) is 2. The number of hydrogen-bond acceptors (Lipinski definition) is 12. The van der Waals surface area contributed by atoms with E-state index in [-0.39, 0.29) is 27.9 Å². The van der Waals surface area contributed by atoms with E-state index in [9.17, 15) is 65.9 Å². The molecule has 458 valence electrons. The van der Waals surface area contributed by atoms with E-state index >= 15 is 0 Å². The van der Waals surface area contributed by atoms with Gasteiger partial charge >= 0.3 is 30.9 Å². The Bertz CT molecular complexity index is 3180. The molecule has 12 nitrogen and oxygen atoms in total. The molecule has 0 unspecified atom stereocenters. The van der Waals surface area contributed by atoms with Gasteiger partial charge in [0.25, 0.3) is 0 Å². The predicted octanol–water partition coefficient (Wildman–Crippen LogP) is 14.5. The molecule has 1 aliphatic rings. The average Bonchev–Trinajstić information content (AvgIpc) is 3.85. The number of nitriles is 5. The van der Waals surface area contributed by atoms with Gasteiger partial charge in [-0.15, -0.1) is 0 Å². The quantitative estimate of drug-likeness (QED) is 0.0770. The normalized spacial score (nSPS) is 12.1. The Hall–Kier alpha value is -8.58. The van der Waals surface area contributed by atoms with Crippen LogP contribution < -0.4 is 25.3 Å². The Morgan fingerprint density at radius 1 is 0.482 bits per heavy atom. The fourth-order valence-electron chi connectivity index (χ4n) is 7.47. The van der Waals surface area contributed by atoms with E-state index in [4.69, 9.17) is 36.5 Å². The number of nitrogens with zero attached hydrogens (tertiary/aromatic N) is 8. The fourth-order valence-corrected chi connectivity index (χ4v) is 7.47. The van der Waals surface area contributed by atoms with Crippen LogP contribution in [-0.4, -0.2) is 76.8 Å². The molecule has 0 spiro atoms. The van der Waals surface area contributed by atoms with E-state index in [0.717, 1.165) is 49.2 Å². The zero-order valence-corrected chi connectivity index (χ0v) is 46.7. The molecule has 0 aromatic heterocycles. The van der Waals surface area contributed by atoms with Gasteiger partial charge in [-0.25, -0.2) is 0 Å². The molecule has 0 atom stereocenters. The molecule has 5 aromatic carbocycles. The standard InChI is InChI=1S/C13H15F3N2.C12H11F3N2.C12H13F3N2.C11H11F3N2O2.C10H9F3N2/c1-9(2)8-18(3)11-5-4-10(7-17)12(6-11)13(14,15)16;13-12(14,15)11-5-10(4-3-9(11)6-16)17-7-8-1-2-8;1-3-17(4-2)10-6-5-9(8-16)11(7-10)12(13,14)15;12-11(13,14)10-3-8(2-1-7(10)4-15)16-9(5-17)6-18;1-15(2)8-4-3-7(6-14)9(5-8)10(11,12)13/h4-6,9H,8H2,1-3H3;3-5,8,17H,1-2,7H2;5-7H,3-4H2,1-2H3;1-3,9,16-18H,5-6H2;3-5H,1-2H3. The summed E-state index contributed by atoms with van der Waals surface area (Å²) in [4.78, 5) is 5.11. The molecule has 1 fully saturated rings. The third kappa shape index (κ3) is 23.2. The van der Waals surface area contributed by atoms with Crippen molar-refractivity contribution in [2.75, 3.05) is 85.9 Å². The molecule has 0 saturated heterocycles. The highest BCUT2D eigenvalue weighted by atomic mass is 19.4. The van der Waals surface area contributed by atoms with Gasteiger partial charge in [-0.1, -0.05) is 13.8 Å². The second kappa shape index (κ2) is 31.9. The third-order valence-corrected chi connectivity index (χ3v) is 12.0. The monoisotopic (exact) mass is 1210 g/mol. The van der Waals surface area contributed by atoms with Gasteiger partial charge < -0.3 is 35.5 Å². The number of anilines is 5. The van der Waals surface area contributed by atoms with Crippen molar-refractivity contribution in [1.82, 2.24) is 0 Å². The summed E-state index contributed by atoms with van der Waals surface area (Å²) in [7, 11) is 5.02. The van der Waals surface area contributed by atoms with Crippen LogP contribution in [0.4, 0.5) is 94.3 Å². The minimum Gasteiger partial charge on any atom is -0.394 e. The molecule has 1 aliphatic carbocycles. The lowest BCUT2D eigenvalue weighted by Gasteiger charge is -2.22. The summed E-state index contributed by atoms with van der Waals surface area (Å²) in [5.74, 6) is 0.931. The second-order valence-corrected chi connectivity index (χ2v) is 19.1. The maximum atomic E-state index is 12.8. The Kier molecular flexibility index (Phi) is 27.2. The van der Waals surface area contributed by atoms with Gasteiger partial charge in [-0.3, -0.25) is 0 Å². The topological polar surface area (TPSA) is 193 Å². The average molecular weight is 1210 g/mol. The first-order valence-corrected chi connectivity index (χ1v) is 25.4. The van der Waals surface area contributed by atoms with E-state index in [1.807, 2.05) is 27.7 Å². The third-order valence-electron chi connectivity index (χ3n) is 12.0. The maximum absolute atomic E-state index is 12.8. The smallest absolute Gasteiger partial charge is 0.394 e. The molecule has 4 N–H and O–H groups in total. The van der Waals surface area contributed by atoms with Crippen molar-refractivity contribution < 1.29 is 76.1 Å². The Balaban J connectivity index is 0.000000363. The van der Waals surface area contributed by atoms with Gasteiger partial charge in [0.05, 0.1) is 105 Å². The molecule has 0 amide bonds. The fraction of sp³-hybridized carbons (Fsp3) is 0.397. The molecule has 6 rings (SSSR count). The molecule has 0 aliphatic heterocycles. The van der Waals surface area contributed by atoms with Crippen molar-refractivity contribution in [2.45, 2.75) is 77.5 Å². The summed E-state index contributed by atoms with van der Waals surface area (Å²) in [6.45, 7) is 9.49. The van der Waals surface area contributed by atoms with Crippen LogP contribution in [0.3, 0.4) is 0 Å². The summed E-state index contributed by atoms with van der Waals surface area (Å²) >= 11 is 0. The van der Waals surface area contributed by atoms with Gasteiger partial charge in [0.15, 0.2) is 0 Å². The largest absolute Gasteiger partial charge is 0.417 e. The Morgan fingerprint density at radius 3 is 1.13 bits per heavy atom. The highest BCUT2D eigenvalue weighted by Gasteiger charge is 2.38. The van der Waals surface area contributed by atoms with Gasteiger partial charge in [-0.2, -0.15) is 92.2 Å². The number of aliphatic hydroxyl groups is 2. The van der Waals surface area contributed by atoms with Gasteiger partial charge in [0.1, 0.15) is 0 Å². The zero-order valence-electron chi connectivity index (χ0n) is 46.7. The number of rotatable bonds is 14. The molecular weight excluding hydrogens is 1150 g/mol. The highest BCUT2D eigenvalue weighted by Crippen LogP contribution is 2.39. The van der Waals surface area contributed by atoms with Crippen LogP contribution in [0.25, 0.3) is 0 Å². The van der Waals surface area contributed by atoms with Crippen molar-refractivity contribution >= 4 is 28.4 Å². The first kappa shape index (κ1) is 72.5. The predicted molar refractivity (Wildman–Crippen MR) is 290 cm³/mol. The second-order valence-electron chi connectivity index (χ2n) is 19.1. The first-order chi connectivity index (χ1) is 39.5. The maximum Gasteiger partial charge on any atom is 0.417 e. The molecule has 0 radical (unpaired) electrons. The van der Waals surface area contributed by atoms with Crippen LogP contribution in [0.15, 0.2) is 91.0 Å². The van der Waals surface area contributed by atoms with Gasteiger partial charge in [-0.05, 0) is 130 Å². The van der Waals surface area contributed by atoms with Crippen molar-refractivity contribution in [3.05, 3.63) is 147 Å². The highest BCUT2D eigenvalue weighted by molar-refractivity contribution is 5.58. The molecule has 0 bridgehead atoms. The van der Waals surface area contributed by atoms with Crippen molar-refractivity contribution in [3.8, 4) is 30.3 Å². The van der Waals surface area contributed by atoms with E-state index in [0.29, 0.717) is 60.8 Å². The molecule has 85 heavy (non-hydrogen) atoms. The molecule has 5 aromatic rings. The lowest BCUT2D eigenvalue weighted by Crippen LogP contribution is -2.27. The Labute approximate surface area is 481 Å². The first-order valence-electron chi connectivity index (χ1n) is 25.4. The lowest BCUT2D eigenvalue weighted by molar-refractivity contribution is -0.138. The summed E-state index contributed by atoms with van der Waals surface area (Å²) < 4.78 is 190. The van der Waals surface area contributed by atoms with Crippen molar-refractivity contribution in [3.63, 3.8) is 0 Å². The van der Waals surface area contributed by atoms with Crippen molar-refractivity contribution in [2.24, 2.45) is 11.8 Å². The van der Waals surface area contributed by atoms with Gasteiger partial charge in [0.2, 0.25) is 0 Å². The summed E-state index contributed by atoms with van der Waals surface area (Å²) in [6, 6.07) is 25.0. The SMILES string of the molecule is CC(C)CN(C)c1ccc(C#N)c(C(F)(F)F)c1.CCN(CC)c1ccc(C#N)c(C(F)(F)F)c1.CN(C)c1ccc(C#N)c(C(F)(F)F)c1.N#Cc1ccc(NC(CO)CO)cc1C(F)(F)F.N#Cc1ccc(NCC2CC2)cc1C(F)(F)F. The number of alkyl halides is 15.